The van der Waals surface area contributed by atoms with Gasteiger partial charge in [0.15, 0.2) is 17.0 Å². The van der Waals surface area contributed by atoms with Crippen LogP contribution in [0, 0.1) is 0 Å². The van der Waals surface area contributed by atoms with Crippen LogP contribution in [0.5, 0.6) is 5.75 Å². The molecule has 0 radical (unpaired) electrons. The number of ether oxygens (including phenoxy) is 1. The van der Waals surface area contributed by atoms with E-state index in [1.807, 2.05) is 18.5 Å². The molecule has 0 bridgehead atoms. The zero-order valence-electron chi connectivity index (χ0n) is 23.6. The molecule has 1 aliphatic carbocycles. The summed E-state index contributed by atoms with van der Waals surface area (Å²) in [6.45, 7) is 3.93. The highest BCUT2D eigenvalue weighted by atomic mass is 16.5. The lowest BCUT2D eigenvalue weighted by atomic mass is 9.95. The highest BCUT2D eigenvalue weighted by Gasteiger charge is 2.23. The number of hydrogen-bond donors (Lipinski definition) is 2. The monoisotopic (exact) mass is 539 g/mol. The Hall–Kier alpha value is -3.65. The van der Waals surface area contributed by atoms with Crippen molar-refractivity contribution in [2.24, 2.45) is 0 Å². The highest BCUT2D eigenvalue weighted by Crippen LogP contribution is 2.32. The second-order valence-corrected chi connectivity index (χ2v) is 11.2. The zero-order valence-corrected chi connectivity index (χ0v) is 23.6. The minimum Gasteiger partial charge on any atom is -0.497 e. The highest BCUT2D eigenvalue weighted by molar-refractivity contribution is 5.84. The molecule has 40 heavy (non-hydrogen) atoms. The van der Waals surface area contributed by atoms with Gasteiger partial charge in [-0.25, -0.2) is 4.98 Å². The fourth-order valence-electron chi connectivity index (χ4n) is 6.11. The van der Waals surface area contributed by atoms with E-state index in [0.717, 1.165) is 68.2 Å². The van der Waals surface area contributed by atoms with E-state index in [-0.39, 0.29) is 0 Å². The lowest BCUT2D eigenvalue weighted by Gasteiger charge is -2.32. The van der Waals surface area contributed by atoms with Crippen LogP contribution < -0.4 is 15.4 Å². The Bertz CT molecular complexity index is 1360. The summed E-state index contributed by atoms with van der Waals surface area (Å²) < 4.78 is 7.60. The van der Waals surface area contributed by atoms with Gasteiger partial charge in [0.05, 0.1) is 13.4 Å². The van der Waals surface area contributed by atoms with E-state index in [4.69, 9.17) is 19.7 Å². The van der Waals surface area contributed by atoms with Gasteiger partial charge >= 0.3 is 0 Å². The summed E-state index contributed by atoms with van der Waals surface area (Å²) in [5.74, 6) is 2.40. The summed E-state index contributed by atoms with van der Waals surface area (Å²) in [7, 11) is 1.70. The van der Waals surface area contributed by atoms with Crippen LogP contribution in [0.25, 0.3) is 11.2 Å². The number of methoxy groups -OCH3 is 1. The maximum atomic E-state index is 5.30. The number of rotatable bonds is 10. The van der Waals surface area contributed by atoms with Crippen molar-refractivity contribution in [1.29, 1.82) is 0 Å². The largest absolute Gasteiger partial charge is 0.497 e. The van der Waals surface area contributed by atoms with Gasteiger partial charge in [-0.15, -0.1) is 0 Å². The molecule has 4 aromatic rings. The molecule has 0 unspecified atom stereocenters. The smallest absolute Gasteiger partial charge is 0.227 e. The predicted octanol–water partition coefficient (Wildman–Crippen LogP) is 6.07. The second kappa shape index (κ2) is 12.7. The van der Waals surface area contributed by atoms with Crippen LogP contribution in [0.2, 0.25) is 0 Å². The number of nitrogens with one attached hydrogen (secondary N) is 2. The Morgan fingerprint density at radius 3 is 2.40 bits per heavy atom. The Labute approximate surface area is 237 Å². The average molecular weight is 540 g/mol. The van der Waals surface area contributed by atoms with Gasteiger partial charge in [0.1, 0.15) is 5.75 Å². The third-order valence-corrected chi connectivity index (χ3v) is 8.42. The second-order valence-electron chi connectivity index (χ2n) is 11.2. The summed E-state index contributed by atoms with van der Waals surface area (Å²) >= 11 is 0. The van der Waals surface area contributed by atoms with Crippen LogP contribution in [-0.4, -0.2) is 57.2 Å². The molecular weight excluding hydrogens is 498 g/mol. The van der Waals surface area contributed by atoms with E-state index in [1.165, 1.54) is 43.2 Å². The first kappa shape index (κ1) is 26.6. The first-order valence-electron chi connectivity index (χ1n) is 14.9. The Balaban J connectivity index is 1.16. The van der Waals surface area contributed by atoms with Gasteiger partial charge in [-0.2, -0.15) is 9.97 Å². The fraction of sp³-hybridized carbons (Fsp3) is 0.469. The molecule has 8 heteroatoms. The molecule has 6 rings (SSSR count). The molecule has 8 nitrogen and oxygen atoms in total. The molecule has 210 valence electrons. The van der Waals surface area contributed by atoms with Crippen molar-refractivity contribution in [3.05, 3.63) is 72.1 Å². The number of anilines is 2. The summed E-state index contributed by atoms with van der Waals surface area (Å²) in [6, 6.07) is 19.8. The molecule has 2 aromatic heterocycles. The van der Waals surface area contributed by atoms with Crippen molar-refractivity contribution < 1.29 is 4.74 Å². The van der Waals surface area contributed by atoms with Gasteiger partial charge in [-0.1, -0.05) is 61.7 Å². The maximum absolute atomic E-state index is 5.30. The van der Waals surface area contributed by atoms with E-state index in [9.17, 15) is 0 Å². The molecule has 0 atom stereocenters. The van der Waals surface area contributed by atoms with Crippen molar-refractivity contribution in [3.8, 4) is 5.75 Å². The molecule has 0 amide bonds. The molecule has 2 fully saturated rings. The topological polar surface area (TPSA) is 80.1 Å². The lowest BCUT2D eigenvalue weighted by molar-refractivity contribution is 0.211. The van der Waals surface area contributed by atoms with Crippen molar-refractivity contribution in [1.82, 2.24) is 24.4 Å². The maximum Gasteiger partial charge on any atom is 0.227 e. The fourth-order valence-corrected chi connectivity index (χ4v) is 6.11. The van der Waals surface area contributed by atoms with Crippen LogP contribution in [0.4, 0.5) is 11.8 Å². The average Bonchev–Trinajstić information content (AvgIpc) is 3.44. The lowest BCUT2D eigenvalue weighted by Crippen LogP contribution is -2.39. The Morgan fingerprint density at radius 1 is 0.875 bits per heavy atom. The molecule has 2 N–H and O–H groups in total. The summed E-state index contributed by atoms with van der Waals surface area (Å²) in [6.07, 6.45) is 11.3. The van der Waals surface area contributed by atoms with Crippen LogP contribution in [0.3, 0.4) is 0 Å². The number of aromatic nitrogens is 4. The molecule has 1 saturated heterocycles. The minimum atomic E-state index is 0.364. The first-order chi connectivity index (χ1) is 19.7. The van der Waals surface area contributed by atoms with E-state index in [1.54, 1.807) is 7.11 Å². The van der Waals surface area contributed by atoms with Crippen molar-refractivity contribution in [3.63, 3.8) is 0 Å². The number of piperidine rings is 1. The SMILES string of the molecule is COc1ccc(CCNc2nc(NC3CCN(Cc4ccccc4)CC3)nc3c2ncn3C2CCCCC2)cc1. The van der Waals surface area contributed by atoms with Crippen molar-refractivity contribution in [2.45, 2.75) is 70.0 Å². The standard InChI is InChI=1S/C32H41N7O/c1-40-28-14-12-24(13-15-28)16-19-33-30-29-31(39(23-34-29)27-10-6-3-7-11-27)37-32(36-30)35-26-17-20-38(21-18-26)22-25-8-4-2-5-9-25/h2,4-5,8-9,12-15,23,26-27H,3,6-7,10-11,16-22H2,1H3,(H2,33,35,36,37). The number of benzene rings is 2. The molecular formula is C32H41N7O. The third-order valence-electron chi connectivity index (χ3n) is 8.42. The third kappa shape index (κ3) is 6.39. The van der Waals surface area contributed by atoms with Gasteiger partial charge < -0.3 is 19.9 Å². The molecule has 3 heterocycles. The number of fused-ring (bicyclic) bond motifs is 1. The van der Waals surface area contributed by atoms with Gasteiger partial charge in [0.25, 0.3) is 0 Å². The van der Waals surface area contributed by atoms with E-state index < -0.39 is 0 Å². The van der Waals surface area contributed by atoms with Crippen molar-refractivity contribution >= 4 is 22.9 Å². The van der Waals surface area contributed by atoms with Gasteiger partial charge in [0.2, 0.25) is 5.95 Å². The molecule has 1 saturated carbocycles. The quantitative estimate of drug-likeness (QED) is 0.253. The summed E-state index contributed by atoms with van der Waals surface area (Å²) in [5.41, 5.74) is 4.44. The first-order valence-corrected chi connectivity index (χ1v) is 14.9. The summed E-state index contributed by atoms with van der Waals surface area (Å²) in [5, 5.41) is 7.28. The van der Waals surface area contributed by atoms with Crippen LogP contribution in [0.1, 0.15) is 62.1 Å². The molecule has 2 aromatic carbocycles. The van der Waals surface area contributed by atoms with Crippen LogP contribution in [0.15, 0.2) is 60.9 Å². The van der Waals surface area contributed by atoms with Gasteiger partial charge in [-0.3, -0.25) is 4.90 Å². The number of imidazole rings is 1. The van der Waals surface area contributed by atoms with Crippen LogP contribution >= 0.6 is 0 Å². The number of likely N-dealkylation sites (tertiary alicyclic amines) is 1. The van der Waals surface area contributed by atoms with Gasteiger partial charge in [0, 0.05) is 38.3 Å². The Kier molecular flexibility index (Phi) is 8.42. The number of hydrogen-bond acceptors (Lipinski definition) is 7. The van der Waals surface area contributed by atoms with Gasteiger partial charge in [-0.05, 0) is 55.4 Å². The molecule has 1 aliphatic heterocycles. The normalized spacial score (nSPS) is 17.2. The van der Waals surface area contributed by atoms with E-state index in [2.05, 4.69) is 62.6 Å². The predicted molar refractivity (Wildman–Crippen MR) is 161 cm³/mol. The summed E-state index contributed by atoms with van der Waals surface area (Å²) in [4.78, 5) is 17.4. The molecule has 0 spiro atoms. The molecule has 2 aliphatic rings. The number of nitrogens with zero attached hydrogens (tertiary/aromatic N) is 5. The van der Waals surface area contributed by atoms with Crippen LogP contribution in [-0.2, 0) is 13.0 Å². The minimum absolute atomic E-state index is 0.364. The zero-order chi connectivity index (χ0) is 27.1. The van der Waals surface area contributed by atoms with E-state index in [0.29, 0.717) is 18.0 Å². The van der Waals surface area contributed by atoms with Crippen molar-refractivity contribution in [2.75, 3.05) is 37.4 Å². The Morgan fingerprint density at radius 2 is 1.65 bits per heavy atom. The van der Waals surface area contributed by atoms with E-state index >= 15 is 0 Å².